The Labute approximate surface area is 51.7 Å². The van der Waals surface area contributed by atoms with Crippen molar-refractivity contribution in [3.63, 3.8) is 0 Å². The number of rotatable bonds is 2. The fraction of sp³-hybridized carbons (Fsp3) is 1.00. The van der Waals surface area contributed by atoms with Crippen LogP contribution in [0.5, 0.6) is 0 Å². The summed E-state index contributed by atoms with van der Waals surface area (Å²) in [6.45, 7) is 4.56. The Morgan fingerprint density at radius 3 is 1.88 bits per heavy atom. The maximum atomic E-state index is 8.51. The van der Waals surface area contributed by atoms with Crippen LogP contribution in [0, 0.1) is 5.41 Å². The average Bonchev–Trinajstić information content (AvgIpc) is 1.68. The van der Waals surface area contributed by atoms with Gasteiger partial charge in [0, 0.05) is 12.0 Å². The molecule has 0 aliphatic carbocycles. The van der Waals surface area contributed by atoms with E-state index in [1.165, 1.54) is 0 Å². The highest BCUT2D eigenvalue weighted by Crippen LogP contribution is 2.08. The summed E-state index contributed by atoms with van der Waals surface area (Å²) >= 11 is 0. The van der Waals surface area contributed by atoms with Gasteiger partial charge in [-0.25, -0.2) is 0 Å². The number of aliphatic hydroxyl groups is 1. The van der Waals surface area contributed by atoms with Gasteiger partial charge in [-0.2, -0.15) is 0 Å². The second-order valence-electron chi connectivity index (χ2n) is 2.53. The van der Waals surface area contributed by atoms with Gasteiger partial charge in [0.25, 0.3) is 0 Å². The minimum atomic E-state index is -0.0833. The molecular formula is C6H17NO. The van der Waals surface area contributed by atoms with Crippen molar-refractivity contribution in [2.75, 3.05) is 13.2 Å². The molecule has 0 atom stereocenters. The van der Waals surface area contributed by atoms with Crippen LogP contribution in [0.4, 0.5) is 0 Å². The lowest BCUT2D eigenvalue weighted by Crippen LogP contribution is -2.26. The van der Waals surface area contributed by atoms with Crippen LogP contribution in [0.15, 0.2) is 0 Å². The third kappa shape index (κ3) is 4.09. The Morgan fingerprint density at radius 1 is 1.50 bits per heavy atom. The Balaban J connectivity index is 0. The molecule has 0 spiro atoms. The lowest BCUT2D eigenvalue weighted by molar-refractivity contribution is 0.167. The quantitative estimate of drug-likeness (QED) is 0.559. The molecule has 52 valence electrons. The predicted octanol–water partition coefficient (Wildman–Crippen LogP) is 0.600. The molecule has 0 aromatic rings. The molecule has 0 aromatic heterocycles. The van der Waals surface area contributed by atoms with Gasteiger partial charge in [0.1, 0.15) is 0 Å². The van der Waals surface area contributed by atoms with E-state index in [1.54, 1.807) is 0 Å². The third-order valence-electron chi connectivity index (χ3n) is 0.981. The van der Waals surface area contributed by atoms with Crippen molar-refractivity contribution < 1.29 is 5.11 Å². The normalized spacial score (nSPS) is 10.5. The Bertz CT molecular complexity index is 46.5. The van der Waals surface area contributed by atoms with Crippen molar-refractivity contribution in [1.29, 1.82) is 0 Å². The predicted molar refractivity (Wildman–Crippen MR) is 36.7 cm³/mol. The summed E-state index contributed by atoms with van der Waals surface area (Å²) < 4.78 is 0. The van der Waals surface area contributed by atoms with Crippen LogP contribution in [-0.2, 0) is 0 Å². The fourth-order valence-corrected chi connectivity index (χ4v) is 0.0645. The van der Waals surface area contributed by atoms with E-state index in [-0.39, 0.29) is 19.4 Å². The zero-order chi connectivity index (χ0) is 5.91. The molecule has 0 unspecified atom stereocenters. The Kier molecular flexibility index (Phi) is 5.23. The number of hydrogen-bond donors (Lipinski definition) is 2. The second-order valence-corrected chi connectivity index (χ2v) is 2.53. The SMILES string of the molecule is C.CC(C)(CN)CO. The topological polar surface area (TPSA) is 46.2 Å². The highest BCUT2D eigenvalue weighted by molar-refractivity contribution is 4.65. The molecule has 0 radical (unpaired) electrons. The Morgan fingerprint density at radius 2 is 1.88 bits per heavy atom. The van der Waals surface area contributed by atoms with Gasteiger partial charge in [-0.1, -0.05) is 21.3 Å². The Hall–Kier alpha value is -0.0800. The van der Waals surface area contributed by atoms with Crippen LogP contribution in [0.2, 0.25) is 0 Å². The van der Waals surface area contributed by atoms with Crippen molar-refractivity contribution in [3.8, 4) is 0 Å². The summed E-state index contributed by atoms with van der Waals surface area (Å²) in [7, 11) is 0. The largest absolute Gasteiger partial charge is 0.396 e. The molecule has 0 bridgehead atoms. The van der Waals surface area contributed by atoms with Crippen LogP contribution in [-0.4, -0.2) is 18.3 Å². The fourth-order valence-electron chi connectivity index (χ4n) is 0.0645. The van der Waals surface area contributed by atoms with E-state index in [2.05, 4.69) is 0 Å². The van der Waals surface area contributed by atoms with Crippen LogP contribution >= 0.6 is 0 Å². The number of aliphatic hydroxyl groups excluding tert-OH is 1. The molecule has 0 aromatic carbocycles. The van der Waals surface area contributed by atoms with Crippen molar-refractivity contribution >= 4 is 0 Å². The average molecular weight is 119 g/mol. The zero-order valence-electron chi connectivity index (χ0n) is 4.94. The maximum absolute atomic E-state index is 8.51. The molecule has 0 amide bonds. The first-order valence-corrected chi connectivity index (χ1v) is 2.43. The molecular weight excluding hydrogens is 102 g/mol. The zero-order valence-corrected chi connectivity index (χ0v) is 4.94. The van der Waals surface area contributed by atoms with Crippen LogP contribution in [0.1, 0.15) is 21.3 Å². The van der Waals surface area contributed by atoms with Crippen LogP contribution in [0.3, 0.4) is 0 Å². The van der Waals surface area contributed by atoms with Crippen LogP contribution < -0.4 is 5.73 Å². The first-order valence-electron chi connectivity index (χ1n) is 2.43. The molecule has 0 saturated carbocycles. The van der Waals surface area contributed by atoms with Gasteiger partial charge in [0.15, 0.2) is 0 Å². The van der Waals surface area contributed by atoms with Crippen molar-refractivity contribution in [3.05, 3.63) is 0 Å². The minimum absolute atomic E-state index is 0. The van der Waals surface area contributed by atoms with Gasteiger partial charge in [-0.15, -0.1) is 0 Å². The molecule has 0 fully saturated rings. The van der Waals surface area contributed by atoms with E-state index in [0.29, 0.717) is 6.54 Å². The summed E-state index contributed by atoms with van der Waals surface area (Å²) in [5, 5.41) is 8.51. The maximum Gasteiger partial charge on any atom is 0.0494 e. The summed E-state index contributed by atoms with van der Waals surface area (Å²) in [4.78, 5) is 0. The molecule has 2 nitrogen and oxygen atoms in total. The second kappa shape index (κ2) is 3.87. The molecule has 0 heterocycles. The summed E-state index contributed by atoms with van der Waals surface area (Å²) in [6, 6.07) is 0. The van der Waals surface area contributed by atoms with Gasteiger partial charge in [-0.05, 0) is 6.54 Å². The van der Waals surface area contributed by atoms with Gasteiger partial charge >= 0.3 is 0 Å². The van der Waals surface area contributed by atoms with Crippen molar-refractivity contribution in [2.45, 2.75) is 21.3 Å². The van der Waals surface area contributed by atoms with E-state index < -0.39 is 0 Å². The van der Waals surface area contributed by atoms with Gasteiger partial charge < -0.3 is 10.8 Å². The summed E-state index contributed by atoms with van der Waals surface area (Å²) in [6.07, 6.45) is 0. The van der Waals surface area contributed by atoms with Gasteiger partial charge in [0.2, 0.25) is 0 Å². The smallest absolute Gasteiger partial charge is 0.0494 e. The number of hydrogen-bond acceptors (Lipinski definition) is 2. The first kappa shape index (κ1) is 10.8. The molecule has 2 heteroatoms. The standard InChI is InChI=1S/C5H13NO.CH4/c1-5(2,3-6)4-7;/h7H,3-4,6H2,1-2H3;1H4. The van der Waals surface area contributed by atoms with Crippen LogP contribution in [0.25, 0.3) is 0 Å². The van der Waals surface area contributed by atoms with E-state index in [1.807, 2.05) is 13.8 Å². The highest BCUT2D eigenvalue weighted by atomic mass is 16.3. The molecule has 3 N–H and O–H groups in total. The summed E-state index contributed by atoms with van der Waals surface area (Å²) in [5.41, 5.74) is 5.17. The minimum Gasteiger partial charge on any atom is -0.396 e. The highest BCUT2D eigenvalue weighted by Gasteiger charge is 2.11. The van der Waals surface area contributed by atoms with Crippen molar-refractivity contribution in [1.82, 2.24) is 0 Å². The summed E-state index contributed by atoms with van der Waals surface area (Å²) in [5.74, 6) is 0. The molecule has 0 aliphatic rings. The van der Waals surface area contributed by atoms with E-state index >= 15 is 0 Å². The van der Waals surface area contributed by atoms with Gasteiger partial charge in [0.05, 0.1) is 0 Å². The van der Waals surface area contributed by atoms with E-state index in [9.17, 15) is 0 Å². The lowest BCUT2D eigenvalue weighted by Gasteiger charge is -2.17. The molecule has 0 rings (SSSR count). The number of nitrogens with two attached hydrogens (primary N) is 1. The van der Waals surface area contributed by atoms with Crippen molar-refractivity contribution in [2.24, 2.45) is 11.1 Å². The van der Waals surface area contributed by atoms with Gasteiger partial charge in [-0.3, -0.25) is 0 Å². The van der Waals surface area contributed by atoms with E-state index in [0.717, 1.165) is 0 Å². The molecule has 0 aliphatic heterocycles. The lowest BCUT2D eigenvalue weighted by atomic mass is 9.96. The molecule has 8 heavy (non-hydrogen) atoms. The van der Waals surface area contributed by atoms with E-state index in [4.69, 9.17) is 10.8 Å². The molecule has 0 saturated heterocycles. The first-order chi connectivity index (χ1) is 3.12. The third-order valence-corrected chi connectivity index (χ3v) is 0.981. The monoisotopic (exact) mass is 119 g/mol.